The number of rotatable bonds is 3. The lowest BCUT2D eigenvalue weighted by molar-refractivity contribution is 0.409. The van der Waals surface area contributed by atoms with Gasteiger partial charge in [-0.25, -0.2) is 0 Å². The third-order valence-corrected chi connectivity index (χ3v) is 4.24. The van der Waals surface area contributed by atoms with Crippen LogP contribution in [0.2, 0.25) is 0 Å². The number of aromatic nitrogens is 1. The smallest absolute Gasteiger partial charge is 0.108 e. The van der Waals surface area contributed by atoms with Crippen molar-refractivity contribution in [2.45, 2.75) is 31.8 Å². The van der Waals surface area contributed by atoms with Crippen LogP contribution in [0.25, 0.3) is 10.9 Å². The largest absolute Gasteiger partial charge is 0.469 e. The molecule has 0 spiro atoms. The Morgan fingerprint density at radius 1 is 1.14 bits per heavy atom. The quantitative estimate of drug-likeness (QED) is 0.787. The van der Waals surface area contributed by atoms with E-state index < -0.39 is 0 Å². The van der Waals surface area contributed by atoms with Crippen molar-refractivity contribution < 1.29 is 4.42 Å². The van der Waals surface area contributed by atoms with Crippen LogP contribution in [0, 0.1) is 0 Å². The summed E-state index contributed by atoms with van der Waals surface area (Å²) in [5.41, 5.74) is 3.47. The van der Waals surface area contributed by atoms with Gasteiger partial charge in [0, 0.05) is 30.0 Å². The standard InChI is InChI=1S/C18H18N2O/c1-2-5-16-13(4-1)8-9-14(20-16)12-19-17-6-3-7-18-15(17)10-11-21-18/h1-2,4-5,8-11,17,19H,3,6-7,12H2. The molecule has 3 nitrogen and oxygen atoms in total. The van der Waals surface area contributed by atoms with Crippen molar-refractivity contribution in [3.8, 4) is 0 Å². The molecule has 1 aliphatic carbocycles. The van der Waals surface area contributed by atoms with Gasteiger partial charge in [0.15, 0.2) is 0 Å². The van der Waals surface area contributed by atoms with Crippen LogP contribution in [0.4, 0.5) is 0 Å². The summed E-state index contributed by atoms with van der Waals surface area (Å²) in [5.74, 6) is 1.14. The van der Waals surface area contributed by atoms with Gasteiger partial charge in [-0.1, -0.05) is 24.3 Å². The second kappa shape index (κ2) is 5.34. The van der Waals surface area contributed by atoms with Gasteiger partial charge >= 0.3 is 0 Å². The van der Waals surface area contributed by atoms with E-state index in [1.807, 2.05) is 12.1 Å². The lowest BCUT2D eigenvalue weighted by atomic mass is 9.93. The van der Waals surface area contributed by atoms with Crippen LogP contribution in [-0.2, 0) is 13.0 Å². The van der Waals surface area contributed by atoms with Crippen LogP contribution in [0.5, 0.6) is 0 Å². The molecule has 0 bridgehead atoms. The minimum Gasteiger partial charge on any atom is -0.469 e. The minimum absolute atomic E-state index is 0.390. The average Bonchev–Trinajstić information content (AvgIpc) is 3.02. The second-order valence-corrected chi connectivity index (χ2v) is 5.62. The van der Waals surface area contributed by atoms with Gasteiger partial charge in [-0.15, -0.1) is 0 Å². The monoisotopic (exact) mass is 278 g/mol. The predicted octanol–water partition coefficient (Wildman–Crippen LogP) is 4.00. The molecular formula is C18H18N2O. The normalized spacial score (nSPS) is 17.8. The van der Waals surface area contributed by atoms with Gasteiger partial charge in [-0.3, -0.25) is 4.98 Å². The molecule has 1 aliphatic rings. The van der Waals surface area contributed by atoms with Crippen LogP contribution in [0.1, 0.15) is 35.9 Å². The fraction of sp³-hybridized carbons (Fsp3) is 0.278. The Bertz CT molecular complexity index is 763. The maximum Gasteiger partial charge on any atom is 0.108 e. The van der Waals surface area contributed by atoms with Gasteiger partial charge in [0.05, 0.1) is 17.5 Å². The summed E-state index contributed by atoms with van der Waals surface area (Å²) in [6.07, 6.45) is 5.22. The fourth-order valence-electron chi connectivity index (χ4n) is 3.13. The van der Waals surface area contributed by atoms with Gasteiger partial charge in [0.25, 0.3) is 0 Å². The molecule has 0 fully saturated rings. The van der Waals surface area contributed by atoms with E-state index in [1.54, 1.807) is 6.26 Å². The number of furan rings is 1. The Balaban J connectivity index is 1.51. The SMILES string of the molecule is c1ccc2nc(CNC3CCCc4occc43)ccc2c1. The van der Waals surface area contributed by atoms with Crippen LogP contribution in [0.15, 0.2) is 53.1 Å². The number of nitrogens with zero attached hydrogens (tertiary/aromatic N) is 1. The van der Waals surface area contributed by atoms with Crippen LogP contribution in [-0.4, -0.2) is 4.98 Å². The summed E-state index contributed by atoms with van der Waals surface area (Å²) in [6.45, 7) is 0.792. The van der Waals surface area contributed by atoms with E-state index in [2.05, 4.69) is 35.6 Å². The van der Waals surface area contributed by atoms with E-state index in [1.165, 1.54) is 23.8 Å². The third kappa shape index (κ3) is 2.45. The molecule has 21 heavy (non-hydrogen) atoms. The zero-order valence-corrected chi connectivity index (χ0v) is 11.9. The Morgan fingerprint density at radius 2 is 2.10 bits per heavy atom. The first-order chi connectivity index (χ1) is 10.4. The summed E-state index contributed by atoms with van der Waals surface area (Å²) >= 11 is 0. The second-order valence-electron chi connectivity index (χ2n) is 5.62. The maximum absolute atomic E-state index is 5.54. The summed E-state index contributed by atoms with van der Waals surface area (Å²) < 4.78 is 5.54. The van der Waals surface area contributed by atoms with Gasteiger partial charge < -0.3 is 9.73 Å². The van der Waals surface area contributed by atoms with Crippen LogP contribution in [0.3, 0.4) is 0 Å². The van der Waals surface area contributed by atoms with E-state index >= 15 is 0 Å². The predicted molar refractivity (Wildman–Crippen MR) is 83.0 cm³/mol. The molecule has 1 aromatic carbocycles. The van der Waals surface area contributed by atoms with Gasteiger partial charge in [0.2, 0.25) is 0 Å². The molecule has 3 aromatic rings. The zero-order valence-electron chi connectivity index (χ0n) is 11.9. The molecule has 0 saturated carbocycles. The molecule has 4 rings (SSSR count). The molecule has 106 valence electrons. The summed E-state index contributed by atoms with van der Waals surface area (Å²) in [6, 6.07) is 15.0. The lowest BCUT2D eigenvalue weighted by Gasteiger charge is -2.22. The van der Waals surface area contributed by atoms with Gasteiger partial charge in [-0.05, 0) is 31.0 Å². The number of pyridine rings is 1. The Morgan fingerprint density at radius 3 is 3.10 bits per heavy atom. The number of aryl methyl sites for hydroxylation is 1. The topological polar surface area (TPSA) is 38.1 Å². The van der Waals surface area contributed by atoms with E-state index in [9.17, 15) is 0 Å². The highest BCUT2D eigenvalue weighted by Crippen LogP contribution is 2.30. The summed E-state index contributed by atoms with van der Waals surface area (Å²) in [4.78, 5) is 4.72. The first-order valence-corrected chi connectivity index (χ1v) is 7.54. The maximum atomic E-state index is 5.54. The van der Waals surface area contributed by atoms with Gasteiger partial charge in [0.1, 0.15) is 5.76 Å². The Kier molecular flexibility index (Phi) is 3.20. The molecule has 2 heterocycles. The average molecular weight is 278 g/mol. The van der Waals surface area contributed by atoms with E-state index in [4.69, 9.17) is 9.40 Å². The Labute approximate surface area is 124 Å². The van der Waals surface area contributed by atoms with Crippen molar-refractivity contribution in [3.05, 3.63) is 65.7 Å². The van der Waals surface area contributed by atoms with Crippen molar-refractivity contribution in [3.63, 3.8) is 0 Å². The van der Waals surface area contributed by atoms with Crippen LogP contribution >= 0.6 is 0 Å². The molecule has 0 aliphatic heterocycles. The molecule has 1 N–H and O–H groups in total. The number of hydrogen-bond acceptors (Lipinski definition) is 3. The van der Waals surface area contributed by atoms with E-state index in [0.717, 1.165) is 29.9 Å². The third-order valence-electron chi connectivity index (χ3n) is 4.24. The van der Waals surface area contributed by atoms with Crippen molar-refractivity contribution in [1.29, 1.82) is 0 Å². The summed E-state index contributed by atoms with van der Waals surface area (Å²) in [7, 11) is 0. The lowest BCUT2D eigenvalue weighted by Crippen LogP contribution is -2.24. The highest BCUT2D eigenvalue weighted by atomic mass is 16.3. The molecule has 0 radical (unpaired) electrons. The minimum atomic E-state index is 0.390. The van der Waals surface area contributed by atoms with Crippen LogP contribution < -0.4 is 5.32 Å². The number of fused-ring (bicyclic) bond motifs is 2. The van der Waals surface area contributed by atoms with E-state index in [-0.39, 0.29) is 0 Å². The van der Waals surface area contributed by atoms with E-state index in [0.29, 0.717) is 6.04 Å². The number of benzene rings is 1. The molecular weight excluding hydrogens is 260 g/mol. The molecule has 2 aromatic heterocycles. The number of para-hydroxylation sites is 1. The number of hydrogen-bond donors (Lipinski definition) is 1. The van der Waals surface area contributed by atoms with Crippen molar-refractivity contribution >= 4 is 10.9 Å². The first kappa shape index (κ1) is 12.6. The van der Waals surface area contributed by atoms with Crippen molar-refractivity contribution in [2.24, 2.45) is 0 Å². The van der Waals surface area contributed by atoms with Gasteiger partial charge in [-0.2, -0.15) is 0 Å². The zero-order chi connectivity index (χ0) is 14.1. The Hall–Kier alpha value is -2.13. The first-order valence-electron chi connectivity index (χ1n) is 7.54. The molecule has 1 unspecified atom stereocenters. The molecule has 0 amide bonds. The van der Waals surface area contributed by atoms with Crippen molar-refractivity contribution in [1.82, 2.24) is 10.3 Å². The van der Waals surface area contributed by atoms with Crippen molar-refractivity contribution in [2.75, 3.05) is 0 Å². The fourth-order valence-corrected chi connectivity index (χ4v) is 3.13. The molecule has 3 heteroatoms. The highest BCUT2D eigenvalue weighted by Gasteiger charge is 2.21. The highest BCUT2D eigenvalue weighted by molar-refractivity contribution is 5.78. The summed E-state index contributed by atoms with van der Waals surface area (Å²) in [5, 5.41) is 4.81. The molecule has 1 atom stereocenters. The molecule has 0 saturated heterocycles. The number of nitrogens with one attached hydrogen (secondary N) is 1.